The molecule has 0 saturated carbocycles. The molecular formula is C15H18N6O2. The summed E-state index contributed by atoms with van der Waals surface area (Å²) in [7, 11) is 0. The number of carbonyl (C=O) groups excluding carboxylic acids is 1. The number of nitrogens with two attached hydrogens (primary N) is 3. The van der Waals surface area contributed by atoms with Crippen LogP contribution in [-0.4, -0.2) is 39.5 Å². The predicted molar refractivity (Wildman–Crippen MR) is 85.7 cm³/mol. The summed E-state index contributed by atoms with van der Waals surface area (Å²) in [4.78, 5) is 29.3. The zero-order valence-corrected chi connectivity index (χ0v) is 12.4. The fourth-order valence-corrected chi connectivity index (χ4v) is 2.49. The highest BCUT2D eigenvalue weighted by Crippen LogP contribution is 2.18. The summed E-state index contributed by atoms with van der Waals surface area (Å²) >= 11 is 0. The average Bonchev–Trinajstić information content (AvgIpc) is 2.51. The maximum atomic E-state index is 12.2. The maximum Gasteiger partial charge on any atom is 0.354 e. The topological polar surface area (TPSA) is 133 Å². The lowest BCUT2D eigenvalue weighted by molar-refractivity contribution is -0.137. The SMILES string of the molecule is Nc1ccn(-c2ccc(C(N)C(=O)N3CC(N)C3)cc2)c(=O)n1. The Labute approximate surface area is 132 Å². The Kier molecular flexibility index (Phi) is 3.85. The van der Waals surface area contributed by atoms with E-state index in [0.717, 1.165) is 0 Å². The lowest BCUT2D eigenvalue weighted by Gasteiger charge is -2.38. The zero-order chi connectivity index (χ0) is 16.6. The van der Waals surface area contributed by atoms with Crippen molar-refractivity contribution in [3.05, 3.63) is 52.6 Å². The second-order valence-corrected chi connectivity index (χ2v) is 5.58. The molecular weight excluding hydrogens is 296 g/mol. The Morgan fingerprint density at radius 3 is 2.43 bits per heavy atom. The minimum atomic E-state index is -0.738. The summed E-state index contributed by atoms with van der Waals surface area (Å²) in [5.74, 6) is 0.0222. The molecule has 1 unspecified atom stereocenters. The van der Waals surface area contributed by atoms with E-state index in [1.807, 2.05) is 0 Å². The summed E-state index contributed by atoms with van der Waals surface area (Å²) < 4.78 is 1.36. The van der Waals surface area contributed by atoms with Crippen LogP contribution in [0.3, 0.4) is 0 Å². The van der Waals surface area contributed by atoms with Crippen molar-refractivity contribution in [1.29, 1.82) is 0 Å². The number of aromatic nitrogens is 2. The molecule has 0 radical (unpaired) electrons. The number of likely N-dealkylation sites (tertiary alicyclic amines) is 1. The highest BCUT2D eigenvalue weighted by atomic mass is 16.2. The second-order valence-electron chi connectivity index (χ2n) is 5.58. The molecule has 1 aliphatic heterocycles. The number of amides is 1. The van der Waals surface area contributed by atoms with Gasteiger partial charge in [0.15, 0.2) is 0 Å². The molecule has 2 heterocycles. The number of nitrogen functional groups attached to an aromatic ring is 1. The van der Waals surface area contributed by atoms with Crippen molar-refractivity contribution in [3.8, 4) is 5.69 Å². The molecule has 1 saturated heterocycles. The van der Waals surface area contributed by atoms with E-state index in [9.17, 15) is 9.59 Å². The Bertz CT molecular complexity index is 779. The number of benzene rings is 1. The molecule has 6 N–H and O–H groups in total. The molecule has 120 valence electrons. The Hall–Kier alpha value is -2.71. The van der Waals surface area contributed by atoms with Crippen LogP contribution in [0.1, 0.15) is 11.6 Å². The van der Waals surface area contributed by atoms with Crippen LogP contribution in [-0.2, 0) is 4.79 Å². The van der Waals surface area contributed by atoms with Gasteiger partial charge in [-0.3, -0.25) is 9.36 Å². The van der Waals surface area contributed by atoms with Gasteiger partial charge in [-0.1, -0.05) is 12.1 Å². The molecule has 1 aliphatic rings. The monoisotopic (exact) mass is 314 g/mol. The zero-order valence-electron chi connectivity index (χ0n) is 12.4. The molecule has 8 nitrogen and oxygen atoms in total. The van der Waals surface area contributed by atoms with Crippen molar-refractivity contribution in [3.63, 3.8) is 0 Å². The van der Waals surface area contributed by atoms with Gasteiger partial charge in [-0.05, 0) is 23.8 Å². The summed E-state index contributed by atoms with van der Waals surface area (Å²) in [6, 6.07) is 7.71. The van der Waals surface area contributed by atoms with Crippen LogP contribution < -0.4 is 22.9 Å². The second kappa shape index (κ2) is 5.82. The van der Waals surface area contributed by atoms with E-state index in [1.54, 1.807) is 35.4 Å². The van der Waals surface area contributed by atoms with Crippen LogP contribution in [0.2, 0.25) is 0 Å². The van der Waals surface area contributed by atoms with Gasteiger partial charge in [-0.25, -0.2) is 4.79 Å². The van der Waals surface area contributed by atoms with Crippen molar-refractivity contribution >= 4 is 11.7 Å². The largest absolute Gasteiger partial charge is 0.383 e. The molecule has 1 aromatic heterocycles. The molecule has 1 amide bonds. The third-order valence-corrected chi connectivity index (χ3v) is 3.84. The Morgan fingerprint density at radius 1 is 1.22 bits per heavy atom. The van der Waals surface area contributed by atoms with E-state index < -0.39 is 11.7 Å². The predicted octanol–water partition coefficient (Wildman–Crippen LogP) is -1.02. The van der Waals surface area contributed by atoms with Gasteiger partial charge in [0.05, 0.1) is 5.69 Å². The summed E-state index contributed by atoms with van der Waals surface area (Å²) in [5, 5.41) is 0. The van der Waals surface area contributed by atoms with Crippen molar-refractivity contribution in [1.82, 2.24) is 14.5 Å². The van der Waals surface area contributed by atoms with Gasteiger partial charge in [0, 0.05) is 25.3 Å². The molecule has 2 aromatic rings. The van der Waals surface area contributed by atoms with E-state index in [1.165, 1.54) is 10.6 Å². The molecule has 8 heteroatoms. The first-order valence-corrected chi connectivity index (χ1v) is 7.21. The molecule has 0 bridgehead atoms. The highest BCUT2D eigenvalue weighted by molar-refractivity contribution is 5.84. The first-order chi connectivity index (χ1) is 11.0. The normalized spacial score (nSPS) is 16.0. The van der Waals surface area contributed by atoms with Gasteiger partial charge in [0.2, 0.25) is 5.91 Å². The van der Waals surface area contributed by atoms with Crippen LogP contribution in [0, 0.1) is 0 Å². The fourth-order valence-electron chi connectivity index (χ4n) is 2.49. The third-order valence-electron chi connectivity index (χ3n) is 3.84. The molecule has 23 heavy (non-hydrogen) atoms. The number of nitrogens with zero attached hydrogens (tertiary/aromatic N) is 3. The van der Waals surface area contributed by atoms with Crippen LogP contribution in [0.15, 0.2) is 41.3 Å². The van der Waals surface area contributed by atoms with Crippen molar-refractivity contribution in [2.45, 2.75) is 12.1 Å². The lowest BCUT2D eigenvalue weighted by Crippen LogP contribution is -2.59. The van der Waals surface area contributed by atoms with Crippen molar-refractivity contribution in [2.75, 3.05) is 18.8 Å². The number of carbonyl (C=O) groups is 1. The summed E-state index contributed by atoms with van der Waals surface area (Å²) in [6.07, 6.45) is 1.55. The molecule has 1 aromatic carbocycles. The minimum Gasteiger partial charge on any atom is -0.383 e. The van der Waals surface area contributed by atoms with E-state index in [4.69, 9.17) is 17.2 Å². The van der Waals surface area contributed by atoms with E-state index >= 15 is 0 Å². The minimum absolute atomic E-state index is 0.0402. The number of anilines is 1. The lowest BCUT2D eigenvalue weighted by atomic mass is 10.0. The summed E-state index contributed by atoms with van der Waals surface area (Å²) in [6.45, 7) is 1.08. The van der Waals surface area contributed by atoms with E-state index in [-0.39, 0.29) is 17.8 Å². The van der Waals surface area contributed by atoms with Gasteiger partial charge in [0.25, 0.3) is 0 Å². The van der Waals surface area contributed by atoms with Crippen LogP contribution >= 0.6 is 0 Å². The van der Waals surface area contributed by atoms with Crippen LogP contribution in [0.4, 0.5) is 5.82 Å². The summed E-state index contributed by atoms with van der Waals surface area (Å²) in [5.41, 5.74) is 18.0. The smallest absolute Gasteiger partial charge is 0.354 e. The average molecular weight is 314 g/mol. The number of hydrogen-bond donors (Lipinski definition) is 3. The molecule has 1 fully saturated rings. The van der Waals surface area contributed by atoms with Gasteiger partial charge in [-0.2, -0.15) is 4.98 Å². The molecule has 1 atom stereocenters. The Morgan fingerprint density at radius 2 is 1.87 bits per heavy atom. The quantitative estimate of drug-likeness (QED) is 0.664. The molecule has 0 spiro atoms. The standard InChI is InChI=1S/C15H18N6O2/c16-10-7-20(8-10)14(22)13(18)9-1-3-11(4-2-9)21-6-5-12(17)19-15(21)23/h1-6,10,13H,7-8,16,18H2,(H2,17,19,23). The molecule has 0 aliphatic carbocycles. The third kappa shape index (κ3) is 2.94. The van der Waals surface area contributed by atoms with Crippen molar-refractivity contribution in [2.24, 2.45) is 11.5 Å². The van der Waals surface area contributed by atoms with Gasteiger partial charge < -0.3 is 22.1 Å². The van der Waals surface area contributed by atoms with Gasteiger partial charge in [-0.15, -0.1) is 0 Å². The van der Waals surface area contributed by atoms with Gasteiger partial charge >= 0.3 is 5.69 Å². The Balaban J connectivity index is 1.79. The van der Waals surface area contributed by atoms with E-state index in [2.05, 4.69) is 4.98 Å². The first-order valence-electron chi connectivity index (χ1n) is 7.21. The first kappa shape index (κ1) is 15.2. The number of hydrogen-bond acceptors (Lipinski definition) is 6. The fraction of sp³-hybridized carbons (Fsp3) is 0.267. The van der Waals surface area contributed by atoms with Crippen molar-refractivity contribution < 1.29 is 4.79 Å². The highest BCUT2D eigenvalue weighted by Gasteiger charge is 2.31. The van der Waals surface area contributed by atoms with E-state index in [0.29, 0.717) is 24.3 Å². The van der Waals surface area contributed by atoms with Crippen LogP contribution in [0.5, 0.6) is 0 Å². The maximum absolute atomic E-state index is 12.2. The van der Waals surface area contributed by atoms with Crippen LogP contribution in [0.25, 0.3) is 5.69 Å². The van der Waals surface area contributed by atoms with Gasteiger partial charge in [0.1, 0.15) is 11.9 Å². The number of rotatable bonds is 3. The molecule has 3 rings (SSSR count).